The molecule has 0 bridgehead atoms. The summed E-state index contributed by atoms with van der Waals surface area (Å²) in [7, 11) is 1.37. The van der Waals surface area contributed by atoms with Crippen LogP contribution < -0.4 is 4.74 Å². The van der Waals surface area contributed by atoms with Crippen molar-refractivity contribution < 1.29 is 28.6 Å². The quantitative estimate of drug-likeness (QED) is 0.503. The lowest BCUT2D eigenvalue weighted by Crippen LogP contribution is -2.27. The van der Waals surface area contributed by atoms with Crippen LogP contribution in [-0.4, -0.2) is 35.1 Å². The predicted octanol–water partition coefficient (Wildman–Crippen LogP) is 4.50. The first-order valence-electron chi connectivity index (χ1n) is 9.79. The van der Waals surface area contributed by atoms with Gasteiger partial charge in [0.05, 0.1) is 13.0 Å². The molecular formula is C23H28FNO5. The molecule has 2 aromatic rings. The van der Waals surface area contributed by atoms with Crippen molar-refractivity contribution in [1.82, 2.24) is 4.98 Å². The van der Waals surface area contributed by atoms with E-state index in [1.165, 1.54) is 31.5 Å². The van der Waals surface area contributed by atoms with Gasteiger partial charge in [-0.15, -0.1) is 0 Å². The number of benzene rings is 1. The highest BCUT2D eigenvalue weighted by molar-refractivity contribution is 5.99. The molecule has 1 N–H and O–H groups in total. The van der Waals surface area contributed by atoms with E-state index in [1.807, 2.05) is 20.8 Å². The number of Topliss-reactive ketones (excluding diaryl/α,β-unsaturated/α-hetero) is 1. The number of aromatic nitrogens is 1. The number of carbonyl (C=O) groups excluding carboxylic acids is 2. The minimum atomic E-state index is -0.727. The van der Waals surface area contributed by atoms with Gasteiger partial charge >= 0.3 is 5.97 Å². The van der Waals surface area contributed by atoms with E-state index in [9.17, 15) is 19.1 Å². The van der Waals surface area contributed by atoms with Crippen LogP contribution >= 0.6 is 0 Å². The van der Waals surface area contributed by atoms with E-state index in [1.54, 1.807) is 13.8 Å². The molecule has 0 fully saturated rings. The van der Waals surface area contributed by atoms with Crippen molar-refractivity contribution in [2.75, 3.05) is 7.11 Å². The van der Waals surface area contributed by atoms with Gasteiger partial charge in [-0.1, -0.05) is 13.8 Å². The Morgan fingerprint density at radius 1 is 1.17 bits per heavy atom. The largest absolute Gasteiger partial charge is 0.503 e. The van der Waals surface area contributed by atoms with E-state index >= 15 is 0 Å². The summed E-state index contributed by atoms with van der Waals surface area (Å²) in [5.74, 6) is -2.40. The lowest BCUT2D eigenvalue weighted by atomic mass is 9.88. The van der Waals surface area contributed by atoms with Crippen LogP contribution in [0.15, 0.2) is 24.4 Å². The Morgan fingerprint density at radius 2 is 1.77 bits per heavy atom. The monoisotopic (exact) mass is 417 g/mol. The molecule has 0 aliphatic carbocycles. The number of halogens is 1. The molecule has 1 aromatic heterocycles. The maximum Gasteiger partial charge on any atom is 0.309 e. The minimum absolute atomic E-state index is 0.135. The van der Waals surface area contributed by atoms with Gasteiger partial charge in [-0.25, -0.2) is 9.37 Å². The van der Waals surface area contributed by atoms with Crippen LogP contribution in [0.3, 0.4) is 0 Å². The zero-order chi connectivity index (χ0) is 22.6. The first-order valence-corrected chi connectivity index (χ1v) is 9.79. The Bertz CT molecular complexity index is 920. The summed E-state index contributed by atoms with van der Waals surface area (Å²) in [5, 5.41) is 10.1. The zero-order valence-corrected chi connectivity index (χ0v) is 18.2. The standard InChI is InChI=1S/C23H28FNO5/c1-12-9-17(24)10-13(2)20(12)15(4)16(5)30-23(28)14(3)11-18(26)21-22(27)19(29-6)7-8-25-21/h7-10,14-16,27H,11H2,1-6H3/t14-,15?,16?/m1/s1. The second kappa shape index (κ2) is 9.69. The molecule has 3 atom stereocenters. The highest BCUT2D eigenvalue weighted by Crippen LogP contribution is 2.31. The number of ketones is 1. The molecule has 0 radical (unpaired) electrons. The van der Waals surface area contributed by atoms with Crippen molar-refractivity contribution in [3.8, 4) is 11.5 Å². The van der Waals surface area contributed by atoms with Gasteiger partial charge in [-0.2, -0.15) is 0 Å². The Labute approximate surface area is 176 Å². The highest BCUT2D eigenvalue weighted by atomic mass is 19.1. The molecule has 0 saturated heterocycles. The number of ether oxygens (including phenoxy) is 2. The number of carbonyl (C=O) groups is 2. The average molecular weight is 417 g/mol. The number of rotatable bonds is 8. The van der Waals surface area contributed by atoms with Crippen molar-refractivity contribution in [1.29, 1.82) is 0 Å². The van der Waals surface area contributed by atoms with Crippen LogP contribution in [-0.2, 0) is 9.53 Å². The molecule has 0 saturated carbocycles. The van der Waals surface area contributed by atoms with Gasteiger partial charge in [0.25, 0.3) is 0 Å². The lowest BCUT2D eigenvalue weighted by molar-refractivity contribution is -0.153. The molecule has 2 rings (SSSR count). The number of hydrogen-bond donors (Lipinski definition) is 1. The van der Waals surface area contributed by atoms with Gasteiger partial charge in [0, 0.05) is 24.6 Å². The van der Waals surface area contributed by atoms with E-state index in [2.05, 4.69) is 4.98 Å². The number of pyridine rings is 1. The summed E-state index contributed by atoms with van der Waals surface area (Å²) in [6.45, 7) is 8.92. The fourth-order valence-electron chi connectivity index (χ4n) is 3.54. The number of esters is 1. The number of methoxy groups -OCH3 is 1. The third kappa shape index (κ3) is 5.14. The van der Waals surface area contributed by atoms with Crippen LogP contribution in [0.2, 0.25) is 0 Å². The van der Waals surface area contributed by atoms with Gasteiger partial charge in [-0.05, 0) is 49.6 Å². The summed E-state index contributed by atoms with van der Waals surface area (Å²) >= 11 is 0. The van der Waals surface area contributed by atoms with E-state index in [-0.39, 0.29) is 35.3 Å². The van der Waals surface area contributed by atoms with Crippen LogP contribution in [0, 0.1) is 25.6 Å². The van der Waals surface area contributed by atoms with Crippen molar-refractivity contribution in [3.63, 3.8) is 0 Å². The third-order valence-corrected chi connectivity index (χ3v) is 5.29. The van der Waals surface area contributed by atoms with Gasteiger partial charge < -0.3 is 14.6 Å². The summed E-state index contributed by atoms with van der Waals surface area (Å²) < 4.78 is 24.1. The third-order valence-electron chi connectivity index (χ3n) is 5.29. The second-order valence-corrected chi connectivity index (χ2v) is 7.62. The maximum absolute atomic E-state index is 13.6. The second-order valence-electron chi connectivity index (χ2n) is 7.62. The number of nitrogens with zero attached hydrogens (tertiary/aromatic N) is 1. The minimum Gasteiger partial charge on any atom is -0.503 e. The van der Waals surface area contributed by atoms with Crippen LogP contribution in [0.25, 0.3) is 0 Å². The normalized spacial score (nSPS) is 14.0. The van der Waals surface area contributed by atoms with Crippen LogP contribution in [0.1, 0.15) is 60.3 Å². The van der Waals surface area contributed by atoms with Crippen LogP contribution in [0.4, 0.5) is 4.39 Å². The number of aromatic hydroxyl groups is 1. The number of aryl methyl sites for hydroxylation is 2. The van der Waals surface area contributed by atoms with Gasteiger partial charge in [0.15, 0.2) is 23.0 Å². The van der Waals surface area contributed by atoms with Gasteiger partial charge in [0.1, 0.15) is 11.9 Å². The fourth-order valence-corrected chi connectivity index (χ4v) is 3.54. The Kier molecular flexibility index (Phi) is 7.54. The molecule has 0 amide bonds. The highest BCUT2D eigenvalue weighted by Gasteiger charge is 2.27. The fraction of sp³-hybridized carbons (Fsp3) is 0.435. The summed E-state index contributed by atoms with van der Waals surface area (Å²) in [5.41, 5.74) is 2.38. The molecule has 0 spiro atoms. The summed E-state index contributed by atoms with van der Waals surface area (Å²) in [6, 6.07) is 4.36. The van der Waals surface area contributed by atoms with Crippen molar-refractivity contribution >= 4 is 11.8 Å². The molecule has 1 heterocycles. The van der Waals surface area contributed by atoms with E-state index in [0.717, 1.165) is 16.7 Å². The van der Waals surface area contributed by atoms with E-state index in [0.29, 0.717) is 0 Å². The predicted molar refractivity (Wildman–Crippen MR) is 110 cm³/mol. The molecule has 0 aliphatic rings. The van der Waals surface area contributed by atoms with E-state index in [4.69, 9.17) is 9.47 Å². The first kappa shape index (κ1) is 23.3. The molecule has 162 valence electrons. The Balaban J connectivity index is 2.06. The molecule has 0 aliphatic heterocycles. The molecule has 7 heteroatoms. The lowest BCUT2D eigenvalue weighted by Gasteiger charge is -2.25. The molecule has 30 heavy (non-hydrogen) atoms. The molecule has 2 unspecified atom stereocenters. The first-order chi connectivity index (χ1) is 14.1. The molecule has 1 aromatic carbocycles. The van der Waals surface area contributed by atoms with Crippen molar-refractivity contribution in [3.05, 3.63) is 52.6 Å². The van der Waals surface area contributed by atoms with Gasteiger partial charge in [0.2, 0.25) is 0 Å². The van der Waals surface area contributed by atoms with Crippen molar-refractivity contribution in [2.24, 2.45) is 5.92 Å². The SMILES string of the molecule is COc1ccnc(C(=O)C[C@@H](C)C(=O)OC(C)C(C)c2c(C)cc(F)cc2C)c1O. The maximum atomic E-state index is 13.6. The smallest absolute Gasteiger partial charge is 0.309 e. The number of hydrogen-bond acceptors (Lipinski definition) is 6. The van der Waals surface area contributed by atoms with Crippen molar-refractivity contribution in [2.45, 2.75) is 53.1 Å². The summed E-state index contributed by atoms with van der Waals surface area (Å²) in [4.78, 5) is 28.9. The summed E-state index contributed by atoms with van der Waals surface area (Å²) in [6.07, 6.45) is 0.718. The molecule has 6 nitrogen and oxygen atoms in total. The average Bonchev–Trinajstić information content (AvgIpc) is 2.66. The Morgan fingerprint density at radius 3 is 2.33 bits per heavy atom. The molecular weight excluding hydrogens is 389 g/mol. The van der Waals surface area contributed by atoms with Crippen LogP contribution in [0.5, 0.6) is 11.5 Å². The Hall–Kier alpha value is -2.96. The zero-order valence-electron chi connectivity index (χ0n) is 18.2. The van der Waals surface area contributed by atoms with Gasteiger partial charge in [-0.3, -0.25) is 9.59 Å². The van der Waals surface area contributed by atoms with E-state index < -0.39 is 23.8 Å². The topological polar surface area (TPSA) is 85.7 Å².